The fourth-order valence-corrected chi connectivity index (χ4v) is 8.96. The van der Waals surface area contributed by atoms with Gasteiger partial charge in [-0.25, -0.2) is 13.8 Å². The van der Waals surface area contributed by atoms with Gasteiger partial charge in [-0.2, -0.15) is 5.26 Å². The van der Waals surface area contributed by atoms with Crippen molar-refractivity contribution in [3.05, 3.63) is 89.2 Å². The Balaban J connectivity index is 1.27. The molecule has 8 rings (SSSR count). The first-order valence-corrected chi connectivity index (χ1v) is 17.1. The summed E-state index contributed by atoms with van der Waals surface area (Å²) in [6.07, 6.45) is 6.96. The number of nitriles is 1. The molecule has 3 aromatic carbocycles. The summed E-state index contributed by atoms with van der Waals surface area (Å²) in [5.41, 5.74) is 2.65. The number of fused-ring (bicyclic) bond motifs is 4. The maximum atomic E-state index is 16.4. The lowest BCUT2D eigenvalue weighted by molar-refractivity contribution is -0.111. The zero-order chi connectivity index (χ0) is 33.2. The summed E-state index contributed by atoms with van der Waals surface area (Å²) < 4.78 is 37.5. The Morgan fingerprint density at radius 2 is 2.02 bits per heavy atom. The Hall–Kier alpha value is -4.32. The number of halogens is 3. The average Bonchev–Trinajstić information content (AvgIpc) is 3.54. The van der Waals surface area contributed by atoms with Crippen molar-refractivity contribution < 1.29 is 18.3 Å². The van der Waals surface area contributed by atoms with Gasteiger partial charge in [0.05, 0.1) is 16.7 Å². The highest BCUT2D eigenvalue weighted by Crippen LogP contribution is 2.47. The van der Waals surface area contributed by atoms with Gasteiger partial charge in [-0.15, -0.1) is 0 Å². The number of aromatic nitrogens is 1. The summed E-state index contributed by atoms with van der Waals surface area (Å²) in [5, 5.41) is 13.3. The van der Waals surface area contributed by atoms with E-state index in [1.807, 2.05) is 30.3 Å². The Morgan fingerprint density at radius 3 is 2.83 bits per heavy atom. The first-order valence-electron chi connectivity index (χ1n) is 16.7. The van der Waals surface area contributed by atoms with Crippen molar-refractivity contribution in [2.75, 3.05) is 31.1 Å². The van der Waals surface area contributed by atoms with Gasteiger partial charge in [-0.05, 0) is 79.4 Å². The van der Waals surface area contributed by atoms with E-state index in [2.05, 4.69) is 28.5 Å². The number of ether oxygens (including phenoxy) is 1. The standard InChI is InChI=1S/C39H35ClF2N4O2/c1-2-35(47)24-9-5-12-34-25(15-24)20-46(34)37-29-16-32(42)28(27-10-3-7-23-8-4-11-31(40)36(23)27)17-33(29)44-38(30(37)19-43)48-22-39-13-6-14-45(39)21-26(41)18-39/h2-4,7-8,10-11,15-17,25-26,34H,1,5-6,9,12-14,18,20-22H2/t25-,26-,34-,39+/m1/s1. The highest BCUT2D eigenvalue weighted by molar-refractivity contribution is 6.36. The Labute approximate surface area is 283 Å². The number of ketones is 1. The maximum Gasteiger partial charge on any atom is 0.234 e. The topological polar surface area (TPSA) is 69.5 Å². The molecule has 0 amide bonds. The summed E-state index contributed by atoms with van der Waals surface area (Å²) in [6.45, 7) is 5.66. The predicted molar refractivity (Wildman–Crippen MR) is 185 cm³/mol. The Morgan fingerprint density at radius 1 is 1.19 bits per heavy atom. The number of carbonyl (C=O) groups is 1. The quantitative estimate of drug-likeness (QED) is 0.185. The fourth-order valence-electron chi connectivity index (χ4n) is 8.67. The second kappa shape index (κ2) is 12.0. The van der Waals surface area contributed by atoms with E-state index in [4.69, 9.17) is 21.3 Å². The van der Waals surface area contributed by atoms with E-state index in [-0.39, 0.29) is 35.8 Å². The molecular formula is C39H35ClF2N4O2. The normalized spacial score (nSPS) is 25.2. The van der Waals surface area contributed by atoms with Crippen molar-refractivity contribution in [1.82, 2.24) is 9.88 Å². The van der Waals surface area contributed by atoms with E-state index < -0.39 is 17.5 Å². The third-order valence-corrected chi connectivity index (χ3v) is 11.3. The lowest BCUT2D eigenvalue weighted by Crippen LogP contribution is -2.55. The number of hydrogen-bond acceptors (Lipinski definition) is 6. The molecule has 3 fully saturated rings. The van der Waals surface area contributed by atoms with E-state index in [1.165, 1.54) is 12.1 Å². The minimum atomic E-state index is -0.915. The predicted octanol–water partition coefficient (Wildman–Crippen LogP) is 8.34. The molecule has 1 aromatic heterocycles. The lowest BCUT2D eigenvalue weighted by Gasteiger charge is -2.49. The van der Waals surface area contributed by atoms with Crippen molar-refractivity contribution in [3.8, 4) is 23.1 Å². The number of nitrogens with zero attached hydrogens (tertiary/aromatic N) is 4. The number of rotatable bonds is 7. The zero-order valence-corrected chi connectivity index (χ0v) is 27.3. The first-order chi connectivity index (χ1) is 23.3. The summed E-state index contributed by atoms with van der Waals surface area (Å²) in [6, 6.07) is 16.8. The number of carbonyl (C=O) groups excluding carboxylic acids is 1. The van der Waals surface area contributed by atoms with Crippen LogP contribution < -0.4 is 9.64 Å². The number of anilines is 1. The van der Waals surface area contributed by atoms with E-state index in [0.29, 0.717) is 58.7 Å². The van der Waals surface area contributed by atoms with E-state index >= 15 is 4.39 Å². The average molecular weight is 665 g/mol. The smallest absolute Gasteiger partial charge is 0.234 e. The van der Waals surface area contributed by atoms with Crippen LogP contribution >= 0.6 is 11.6 Å². The van der Waals surface area contributed by atoms with Gasteiger partial charge in [0.25, 0.3) is 0 Å². The molecule has 0 radical (unpaired) electrons. The second-order valence-electron chi connectivity index (χ2n) is 13.6. The van der Waals surface area contributed by atoms with Gasteiger partial charge in [-0.1, -0.05) is 54.6 Å². The molecule has 0 unspecified atom stereocenters. The van der Waals surface area contributed by atoms with Gasteiger partial charge >= 0.3 is 0 Å². The molecule has 48 heavy (non-hydrogen) atoms. The van der Waals surface area contributed by atoms with Crippen LogP contribution in [0.15, 0.2) is 72.8 Å². The third kappa shape index (κ3) is 4.98. The van der Waals surface area contributed by atoms with Crippen molar-refractivity contribution in [1.29, 1.82) is 5.26 Å². The first kappa shape index (κ1) is 31.0. The highest BCUT2D eigenvalue weighted by Gasteiger charge is 2.49. The Bertz CT molecular complexity index is 2070. The summed E-state index contributed by atoms with van der Waals surface area (Å²) in [7, 11) is 0. The summed E-state index contributed by atoms with van der Waals surface area (Å²) in [5.74, 6) is -0.221. The number of allylic oxidation sites excluding steroid dienone is 2. The molecule has 4 atom stereocenters. The van der Waals surface area contributed by atoms with Crippen LogP contribution in [-0.4, -0.2) is 59.7 Å². The van der Waals surface area contributed by atoms with Gasteiger partial charge in [0.2, 0.25) is 5.88 Å². The number of hydrogen-bond donors (Lipinski definition) is 0. The molecule has 6 nitrogen and oxygen atoms in total. The molecule has 4 aliphatic rings. The molecule has 3 aliphatic heterocycles. The maximum absolute atomic E-state index is 16.4. The fraction of sp³-hybridized carbons (Fsp3) is 0.359. The lowest BCUT2D eigenvalue weighted by atomic mass is 9.84. The summed E-state index contributed by atoms with van der Waals surface area (Å²) >= 11 is 6.65. The monoisotopic (exact) mass is 664 g/mol. The van der Waals surface area contributed by atoms with Crippen molar-refractivity contribution in [2.45, 2.75) is 56.3 Å². The minimum absolute atomic E-state index is 0.0244. The van der Waals surface area contributed by atoms with Crippen LogP contribution in [0.1, 0.15) is 44.1 Å². The molecule has 0 spiro atoms. The van der Waals surface area contributed by atoms with E-state index in [1.54, 1.807) is 12.1 Å². The van der Waals surface area contributed by atoms with Crippen LogP contribution in [-0.2, 0) is 4.79 Å². The SMILES string of the molecule is C=CC(=O)C1=C[C@@H]2CN(c3c(C#N)c(OC[C@@]45CCCN4C[C@H](F)C5)nc4cc(-c5cccc6cccc(Cl)c56)c(F)cc34)[C@@H]2CCC1. The van der Waals surface area contributed by atoms with Gasteiger partial charge in [0.1, 0.15) is 30.2 Å². The summed E-state index contributed by atoms with van der Waals surface area (Å²) in [4.78, 5) is 21.7. The van der Waals surface area contributed by atoms with Crippen LogP contribution in [0.2, 0.25) is 5.02 Å². The number of benzene rings is 3. The molecule has 0 saturated carbocycles. The highest BCUT2D eigenvalue weighted by atomic mass is 35.5. The van der Waals surface area contributed by atoms with Crippen LogP contribution in [0.25, 0.3) is 32.8 Å². The van der Waals surface area contributed by atoms with Crippen LogP contribution in [0.3, 0.4) is 0 Å². The molecule has 244 valence electrons. The van der Waals surface area contributed by atoms with E-state index in [9.17, 15) is 14.4 Å². The van der Waals surface area contributed by atoms with Crippen molar-refractivity contribution >= 4 is 44.7 Å². The molecule has 1 aliphatic carbocycles. The van der Waals surface area contributed by atoms with Gasteiger partial charge in [-0.3, -0.25) is 9.69 Å². The van der Waals surface area contributed by atoms with Gasteiger partial charge < -0.3 is 9.64 Å². The molecule has 9 heteroatoms. The molecule has 3 saturated heterocycles. The van der Waals surface area contributed by atoms with E-state index in [0.717, 1.165) is 48.6 Å². The molecule has 0 N–H and O–H groups in total. The second-order valence-corrected chi connectivity index (χ2v) is 14.1. The molecule has 0 bridgehead atoms. The molecular weight excluding hydrogens is 630 g/mol. The largest absolute Gasteiger partial charge is 0.475 e. The van der Waals surface area contributed by atoms with Gasteiger partial charge in [0.15, 0.2) is 5.78 Å². The number of alkyl halides is 1. The third-order valence-electron chi connectivity index (χ3n) is 11.0. The minimum Gasteiger partial charge on any atom is -0.475 e. The molecule has 4 aromatic rings. The Kier molecular flexibility index (Phi) is 7.73. The molecule has 4 heterocycles. The van der Waals surface area contributed by atoms with Crippen LogP contribution in [0, 0.1) is 23.1 Å². The van der Waals surface area contributed by atoms with Crippen molar-refractivity contribution in [3.63, 3.8) is 0 Å². The number of pyridine rings is 1. The van der Waals surface area contributed by atoms with Crippen molar-refractivity contribution in [2.24, 2.45) is 5.92 Å². The zero-order valence-electron chi connectivity index (χ0n) is 26.5. The van der Waals surface area contributed by atoms with Crippen LogP contribution in [0.4, 0.5) is 14.5 Å². The van der Waals surface area contributed by atoms with Gasteiger partial charge in [0, 0.05) is 52.8 Å². The van der Waals surface area contributed by atoms with Crippen LogP contribution in [0.5, 0.6) is 5.88 Å².